The Morgan fingerprint density at radius 1 is 1.03 bits per heavy atom. The van der Waals surface area contributed by atoms with Crippen molar-refractivity contribution in [1.82, 2.24) is 15.2 Å². The molecule has 0 fully saturated rings. The number of nitrogens with zero attached hydrogens (tertiary/aromatic N) is 3. The minimum atomic E-state index is -0.314. The van der Waals surface area contributed by atoms with Crippen LogP contribution < -0.4 is 15.5 Å². The molecule has 1 aromatic heterocycles. The lowest BCUT2D eigenvalue weighted by atomic mass is 10.2. The van der Waals surface area contributed by atoms with Gasteiger partial charge in [0, 0.05) is 24.2 Å². The van der Waals surface area contributed by atoms with E-state index in [2.05, 4.69) is 63.5 Å². The highest BCUT2D eigenvalue weighted by Gasteiger charge is 2.12. The van der Waals surface area contributed by atoms with E-state index in [4.69, 9.17) is 23.2 Å². The van der Waals surface area contributed by atoms with E-state index in [0.717, 1.165) is 43.9 Å². The number of carbonyl (C=O) groups is 1. The second kappa shape index (κ2) is 13.5. The molecule has 0 aliphatic heterocycles. The Balaban J connectivity index is 1.55. The molecule has 34 heavy (non-hydrogen) atoms. The third-order valence-corrected chi connectivity index (χ3v) is 7.03. The number of hydrogen-bond acceptors (Lipinski definition) is 5. The maximum atomic E-state index is 12.3. The van der Waals surface area contributed by atoms with Crippen LogP contribution in [0.15, 0.2) is 53.9 Å². The van der Waals surface area contributed by atoms with Crippen molar-refractivity contribution >= 4 is 51.4 Å². The second-order valence-electron chi connectivity index (χ2n) is 7.84. The predicted octanol–water partition coefficient (Wildman–Crippen LogP) is 6.51. The molecule has 182 valence electrons. The Morgan fingerprint density at radius 3 is 2.50 bits per heavy atom. The Morgan fingerprint density at radius 2 is 1.79 bits per heavy atom. The number of rotatable bonds is 12. The smallest absolute Gasteiger partial charge is 0.321 e. The first kappa shape index (κ1) is 26.3. The Hall–Kier alpha value is -2.32. The zero-order valence-corrected chi connectivity index (χ0v) is 21.9. The van der Waals surface area contributed by atoms with Crippen LogP contribution in [-0.4, -0.2) is 42.1 Å². The zero-order valence-electron chi connectivity index (χ0n) is 19.6. The molecule has 0 bridgehead atoms. The van der Waals surface area contributed by atoms with Gasteiger partial charge in [-0.3, -0.25) is 5.32 Å². The zero-order chi connectivity index (χ0) is 24.3. The minimum Gasteiger partial charge on any atom is -0.366 e. The molecule has 3 rings (SSSR count). The number of halogens is 2. The van der Waals surface area contributed by atoms with E-state index in [1.807, 2.05) is 17.5 Å². The number of urea groups is 1. The fraction of sp³-hybridized carbons (Fsp3) is 0.360. The lowest BCUT2D eigenvalue weighted by Crippen LogP contribution is -2.30. The number of amides is 2. The van der Waals surface area contributed by atoms with Gasteiger partial charge in [0.1, 0.15) is 0 Å². The quantitative estimate of drug-likeness (QED) is 0.286. The van der Waals surface area contributed by atoms with Gasteiger partial charge in [0.05, 0.1) is 22.3 Å². The Kier molecular flexibility index (Phi) is 10.5. The van der Waals surface area contributed by atoms with Crippen LogP contribution in [0.25, 0.3) is 0 Å². The first-order valence-electron chi connectivity index (χ1n) is 11.4. The van der Waals surface area contributed by atoms with Gasteiger partial charge in [0.25, 0.3) is 0 Å². The van der Waals surface area contributed by atoms with Crippen molar-refractivity contribution in [3.63, 3.8) is 0 Å². The molecule has 0 spiro atoms. The van der Waals surface area contributed by atoms with Crippen molar-refractivity contribution < 1.29 is 4.79 Å². The molecule has 9 heteroatoms. The molecule has 0 aliphatic carbocycles. The van der Waals surface area contributed by atoms with E-state index in [-0.39, 0.29) is 6.03 Å². The molecule has 2 aromatic carbocycles. The van der Waals surface area contributed by atoms with E-state index in [9.17, 15) is 4.79 Å². The number of thiazole rings is 1. The molecular formula is C25H31Cl2N5OS. The summed E-state index contributed by atoms with van der Waals surface area (Å²) in [6, 6.07) is 15.4. The van der Waals surface area contributed by atoms with Gasteiger partial charge in [-0.15, -0.1) is 11.3 Å². The molecular weight excluding hydrogens is 489 g/mol. The van der Waals surface area contributed by atoms with Crippen LogP contribution in [0.1, 0.15) is 31.5 Å². The van der Waals surface area contributed by atoms with Crippen molar-refractivity contribution in [1.29, 1.82) is 0 Å². The summed E-state index contributed by atoms with van der Waals surface area (Å²) in [4.78, 5) is 21.7. The molecule has 2 N–H and O–H groups in total. The predicted molar refractivity (Wildman–Crippen MR) is 144 cm³/mol. The van der Waals surface area contributed by atoms with E-state index < -0.39 is 0 Å². The standard InChI is InChI=1S/C25H31Cl2N5OS/c1-3-31(4-2)13-8-14-32(21-9-6-5-7-10-21)17-20-18-34-25(29-20)30-24(33)28-16-19-11-12-22(26)23(27)15-19/h5-7,9-12,15,18H,3-4,8,13-14,16-17H2,1-2H3,(H2,28,29,30,33). The highest BCUT2D eigenvalue weighted by molar-refractivity contribution is 7.13. The van der Waals surface area contributed by atoms with E-state index in [0.29, 0.717) is 28.3 Å². The summed E-state index contributed by atoms with van der Waals surface area (Å²) in [5.41, 5.74) is 2.97. The second-order valence-corrected chi connectivity index (χ2v) is 9.51. The van der Waals surface area contributed by atoms with E-state index >= 15 is 0 Å². The van der Waals surface area contributed by atoms with E-state index in [1.54, 1.807) is 12.1 Å². The fourth-order valence-corrected chi connectivity index (χ4v) is 4.59. The van der Waals surface area contributed by atoms with Gasteiger partial charge >= 0.3 is 6.03 Å². The van der Waals surface area contributed by atoms with Crippen molar-refractivity contribution in [2.75, 3.05) is 36.4 Å². The highest BCUT2D eigenvalue weighted by atomic mass is 35.5. The molecule has 0 saturated carbocycles. The first-order valence-corrected chi connectivity index (χ1v) is 13.1. The van der Waals surface area contributed by atoms with Crippen LogP contribution in [0.2, 0.25) is 10.0 Å². The van der Waals surface area contributed by atoms with Gasteiger partial charge < -0.3 is 15.1 Å². The van der Waals surface area contributed by atoms with Crippen LogP contribution in [0.5, 0.6) is 0 Å². The van der Waals surface area contributed by atoms with Crippen molar-refractivity contribution in [2.24, 2.45) is 0 Å². The minimum absolute atomic E-state index is 0.314. The lowest BCUT2D eigenvalue weighted by molar-refractivity contribution is 0.251. The summed E-state index contributed by atoms with van der Waals surface area (Å²) in [5, 5.41) is 9.15. The number of para-hydroxylation sites is 1. The summed E-state index contributed by atoms with van der Waals surface area (Å²) >= 11 is 13.4. The number of benzene rings is 2. The van der Waals surface area contributed by atoms with Crippen molar-refractivity contribution in [3.05, 3.63) is 75.2 Å². The number of carbonyl (C=O) groups excluding carboxylic acids is 1. The average Bonchev–Trinajstić information content (AvgIpc) is 3.29. The monoisotopic (exact) mass is 519 g/mol. The summed E-state index contributed by atoms with van der Waals surface area (Å²) in [7, 11) is 0. The van der Waals surface area contributed by atoms with Gasteiger partial charge in [-0.25, -0.2) is 9.78 Å². The van der Waals surface area contributed by atoms with E-state index in [1.165, 1.54) is 17.0 Å². The molecule has 3 aromatic rings. The molecule has 0 unspecified atom stereocenters. The van der Waals surface area contributed by atoms with Crippen LogP contribution in [0, 0.1) is 0 Å². The summed E-state index contributed by atoms with van der Waals surface area (Å²) in [5.74, 6) is 0. The Bertz CT molecular complexity index is 1040. The lowest BCUT2D eigenvalue weighted by Gasteiger charge is -2.26. The number of hydrogen-bond donors (Lipinski definition) is 2. The first-order chi connectivity index (χ1) is 16.5. The maximum Gasteiger partial charge on any atom is 0.321 e. The topological polar surface area (TPSA) is 60.5 Å². The highest BCUT2D eigenvalue weighted by Crippen LogP contribution is 2.23. The molecule has 1 heterocycles. The molecule has 0 radical (unpaired) electrons. The van der Waals surface area contributed by atoms with Gasteiger partial charge in [-0.2, -0.15) is 0 Å². The fourth-order valence-electron chi connectivity index (χ4n) is 3.57. The number of anilines is 2. The average molecular weight is 521 g/mol. The normalized spacial score (nSPS) is 11.0. The molecule has 6 nitrogen and oxygen atoms in total. The SMILES string of the molecule is CCN(CC)CCCN(Cc1csc(NC(=O)NCc2ccc(Cl)c(Cl)c2)n1)c1ccccc1. The summed E-state index contributed by atoms with van der Waals surface area (Å²) in [6.07, 6.45) is 1.07. The third kappa shape index (κ3) is 8.17. The summed E-state index contributed by atoms with van der Waals surface area (Å²) < 4.78 is 0. The molecule has 0 aliphatic rings. The van der Waals surface area contributed by atoms with Crippen LogP contribution in [-0.2, 0) is 13.1 Å². The third-order valence-electron chi connectivity index (χ3n) is 5.48. The van der Waals surface area contributed by atoms with Gasteiger partial charge in [0.15, 0.2) is 5.13 Å². The number of aromatic nitrogens is 1. The van der Waals surface area contributed by atoms with Crippen LogP contribution in [0.3, 0.4) is 0 Å². The maximum absolute atomic E-state index is 12.3. The molecule has 0 saturated heterocycles. The largest absolute Gasteiger partial charge is 0.366 e. The van der Waals surface area contributed by atoms with Crippen molar-refractivity contribution in [3.8, 4) is 0 Å². The van der Waals surface area contributed by atoms with Crippen LogP contribution in [0.4, 0.5) is 15.6 Å². The Labute approximate surface area is 215 Å². The van der Waals surface area contributed by atoms with Gasteiger partial charge in [-0.05, 0) is 55.9 Å². The number of nitrogens with one attached hydrogen (secondary N) is 2. The van der Waals surface area contributed by atoms with Crippen LogP contribution >= 0.6 is 34.5 Å². The molecule has 0 atom stereocenters. The van der Waals surface area contributed by atoms with Gasteiger partial charge in [-0.1, -0.05) is 61.3 Å². The summed E-state index contributed by atoms with van der Waals surface area (Å²) in [6.45, 7) is 9.56. The molecule has 2 amide bonds. The van der Waals surface area contributed by atoms with Gasteiger partial charge in [0.2, 0.25) is 0 Å². The van der Waals surface area contributed by atoms with Crippen molar-refractivity contribution in [2.45, 2.75) is 33.4 Å².